The first-order valence-electron chi connectivity index (χ1n) is 4.92. The van der Waals surface area contributed by atoms with Crippen LogP contribution < -0.4 is 5.32 Å². The molecule has 0 bridgehead atoms. The number of aromatic nitrogens is 3. The highest BCUT2D eigenvalue weighted by Crippen LogP contribution is 2.01. The molecule has 1 N–H and O–H groups in total. The van der Waals surface area contributed by atoms with Gasteiger partial charge in [-0.1, -0.05) is 6.07 Å². The lowest BCUT2D eigenvalue weighted by Crippen LogP contribution is -2.24. The molecular formula is C11H9ClN4O. The minimum atomic E-state index is -0.306. The average Bonchev–Trinajstić information content (AvgIpc) is 2.37. The van der Waals surface area contributed by atoms with E-state index in [2.05, 4.69) is 20.3 Å². The van der Waals surface area contributed by atoms with Crippen LogP contribution in [0.15, 0.2) is 36.7 Å². The Morgan fingerprint density at radius 3 is 2.82 bits per heavy atom. The summed E-state index contributed by atoms with van der Waals surface area (Å²) in [5, 5.41) is 2.74. The second kappa shape index (κ2) is 5.36. The highest BCUT2D eigenvalue weighted by Gasteiger charge is 2.07. The number of nitrogens with one attached hydrogen (secondary N) is 1. The van der Waals surface area contributed by atoms with Gasteiger partial charge in [0.1, 0.15) is 5.69 Å². The van der Waals surface area contributed by atoms with E-state index in [0.29, 0.717) is 6.54 Å². The lowest BCUT2D eigenvalue weighted by molar-refractivity contribution is 0.0945. The summed E-state index contributed by atoms with van der Waals surface area (Å²) >= 11 is 5.59. The molecule has 5 nitrogen and oxygen atoms in total. The molecule has 0 aliphatic carbocycles. The topological polar surface area (TPSA) is 67.8 Å². The Hall–Kier alpha value is -2.01. The first-order chi connectivity index (χ1) is 8.25. The van der Waals surface area contributed by atoms with Gasteiger partial charge in [-0.25, -0.2) is 9.97 Å². The van der Waals surface area contributed by atoms with Crippen LogP contribution in [0.3, 0.4) is 0 Å². The molecule has 2 rings (SSSR count). The van der Waals surface area contributed by atoms with Gasteiger partial charge in [0.15, 0.2) is 0 Å². The highest BCUT2D eigenvalue weighted by molar-refractivity contribution is 6.28. The Morgan fingerprint density at radius 2 is 2.12 bits per heavy atom. The van der Waals surface area contributed by atoms with Gasteiger partial charge in [-0.15, -0.1) is 0 Å². The van der Waals surface area contributed by atoms with Crippen LogP contribution >= 0.6 is 11.6 Å². The van der Waals surface area contributed by atoms with Gasteiger partial charge in [0.2, 0.25) is 5.28 Å². The molecular weight excluding hydrogens is 240 g/mol. The molecule has 2 aromatic heterocycles. The van der Waals surface area contributed by atoms with E-state index in [9.17, 15) is 4.79 Å². The molecule has 2 aromatic rings. The Morgan fingerprint density at radius 1 is 1.24 bits per heavy atom. The van der Waals surface area contributed by atoms with Crippen molar-refractivity contribution >= 4 is 17.5 Å². The minimum absolute atomic E-state index is 0.0514. The van der Waals surface area contributed by atoms with Crippen LogP contribution in [0.5, 0.6) is 0 Å². The predicted octanol–water partition coefficient (Wildman–Crippen LogP) is 1.45. The van der Waals surface area contributed by atoms with Crippen molar-refractivity contribution in [1.29, 1.82) is 0 Å². The summed E-state index contributed by atoms with van der Waals surface area (Å²) in [6, 6.07) is 7.00. The minimum Gasteiger partial charge on any atom is -0.345 e. The Bertz CT molecular complexity index is 518. The summed E-state index contributed by atoms with van der Waals surface area (Å²) in [5.74, 6) is -0.306. The fraction of sp³-hybridized carbons (Fsp3) is 0.0909. The number of carbonyl (C=O) groups excluding carboxylic acids is 1. The highest BCUT2D eigenvalue weighted by atomic mass is 35.5. The first-order valence-corrected chi connectivity index (χ1v) is 5.30. The smallest absolute Gasteiger partial charge is 0.270 e. The molecule has 0 aliphatic rings. The maximum Gasteiger partial charge on any atom is 0.270 e. The number of pyridine rings is 1. The van der Waals surface area contributed by atoms with Gasteiger partial charge in [0.05, 0.1) is 12.2 Å². The van der Waals surface area contributed by atoms with Crippen molar-refractivity contribution in [3.8, 4) is 0 Å². The molecule has 0 atom stereocenters. The number of nitrogens with zero attached hydrogens (tertiary/aromatic N) is 3. The van der Waals surface area contributed by atoms with E-state index in [1.807, 2.05) is 18.2 Å². The number of hydrogen-bond donors (Lipinski definition) is 1. The number of hydrogen-bond acceptors (Lipinski definition) is 4. The molecule has 0 saturated carbocycles. The van der Waals surface area contributed by atoms with Crippen LogP contribution in [-0.4, -0.2) is 20.9 Å². The fourth-order valence-electron chi connectivity index (χ4n) is 1.23. The molecule has 0 fully saturated rings. The zero-order valence-electron chi connectivity index (χ0n) is 8.80. The molecule has 0 aliphatic heterocycles. The normalized spacial score (nSPS) is 9.94. The third-order valence-corrected chi connectivity index (χ3v) is 2.20. The summed E-state index contributed by atoms with van der Waals surface area (Å²) in [7, 11) is 0. The summed E-state index contributed by atoms with van der Waals surface area (Å²) in [6.45, 7) is 0.349. The predicted molar refractivity (Wildman–Crippen MR) is 62.4 cm³/mol. The number of amides is 1. The van der Waals surface area contributed by atoms with Gasteiger partial charge in [0, 0.05) is 12.4 Å². The van der Waals surface area contributed by atoms with E-state index in [0.717, 1.165) is 5.69 Å². The number of carbonyl (C=O) groups is 1. The van der Waals surface area contributed by atoms with Gasteiger partial charge >= 0.3 is 0 Å². The molecule has 6 heteroatoms. The van der Waals surface area contributed by atoms with Crippen molar-refractivity contribution in [2.45, 2.75) is 6.54 Å². The number of halogens is 1. The zero-order chi connectivity index (χ0) is 12.1. The fourth-order valence-corrected chi connectivity index (χ4v) is 1.37. The molecule has 2 heterocycles. The monoisotopic (exact) mass is 248 g/mol. The summed E-state index contributed by atoms with van der Waals surface area (Å²) in [4.78, 5) is 23.3. The molecule has 17 heavy (non-hydrogen) atoms. The van der Waals surface area contributed by atoms with Crippen molar-refractivity contribution in [2.75, 3.05) is 0 Å². The Balaban J connectivity index is 1.98. The van der Waals surface area contributed by atoms with Gasteiger partial charge < -0.3 is 5.32 Å². The lowest BCUT2D eigenvalue weighted by Gasteiger charge is -2.03. The van der Waals surface area contributed by atoms with Crippen molar-refractivity contribution in [2.24, 2.45) is 0 Å². The second-order valence-electron chi connectivity index (χ2n) is 3.21. The van der Waals surface area contributed by atoms with Crippen molar-refractivity contribution in [1.82, 2.24) is 20.3 Å². The average molecular weight is 249 g/mol. The van der Waals surface area contributed by atoms with Gasteiger partial charge in [-0.2, -0.15) is 0 Å². The standard InChI is InChI=1S/C11H9ClN4O/c12-11-14-6-4-9(16-11)10(17)15-7-8-3-1-2-5-13-8/h1-6H,7H2,(H,15,17). The largest absolute Gasteiger partial charge is 0.345 e. The molecule has 1 amide bonds. The molecule has 0 unspecified atom stereocenters. The molecule has 0 aromatic carbocycles. The zero-order valence-corrected chi connectivity index (χ0v) is 9.55. The molecule has 0 saturated heterocycles. The van der Waals surface area contributed by atoms with Gasteiger partial charge in [-0.3, -0.25) is 9.78 Å². The van der Waals surface area contributed by atoms with Crippen LogP contribution in [0.2, 0.25) is 5.28 Å². The van der Waals surface area contributed by atoms with Crippen LogP contribution in [0.25, 0.3) is 0 Å². The summed E-state index contributed by atoms with van der Waals surface area (Å²) < 4.78 is 0. The van der Waals surface area contributed by atoms with Crippen molar-refractivity contribution in [3.63, 3.8) is 0 Å². The SMILES string of the molecule is O=C(NCc1ccccn1)c1ccnc(Cl)n1. The summed E-state index contributed by atoms with van der Waals surface area (Å²) in [5.41, 5.74) is 1.02. The quantitative estimate of drug-likeness (QED) is 0.835. The van der Waals surface area contributed by atoms with Gasteiger partial charge in [0.25, 0.3) is 5.91 Å². The third-order valence-electron chi connectivity index (χ3n) is 2.02. The van der Waals surface area contributed by atoms with Gasteiger partial charge in [-0.05, 0) is 29.8 Å². The van der Waals surface area contributed by atoms with E-state index in [4.69, 9.17) is 11.6 Å². The van der Waals surface area contributed by atoms with Crippen molar-refractivity contribution in [3.05, 3.63) is 53.3 Å². The lowest BCUT2D eigenvalue weighted by atomic mass is 10.3. The summed E-state index contributed by atoms with van der Waals surface area (Å²) in [6.07, 6.45) is 3.11. The van der Waals surface area contributed by atoms with E-state index in [1.165, 1.54) is 12.3 Å². The molecule has 0 radical (unpaired) electrons. The van der Waals surface area contributed by atoms with E-state index >= 15 is 0 Å². The first kappa shape index (κ1) is 11.5. The molecule has 86 valence electrons. The van der Waals surface area contributed by atoms with Crippen LogP contribution in [0.1, 0.15) is 16.2 Å². The Labute approximate surface area is 103 Å². The van der Waals surface area contributed by atoms with E-state index in [-0.39, 0.29) is 16.9 Å². The van der Waals surface area contributed by atoms with Crippen LogP contribution in [0, 0.1) is 0 Å². The van der Waals surface area contributed by atoms with E-state index in [1.54, 1.807) is 6.20 Å². The van der Waals surface area contributed by atoms with Crippen LogP contribution in [0.4, 0.5) is 0 Å². The maximum atomic E-state index is 11.7. The van der Waals surface area contributed by atoms with Crippen molar-refractivity contribution < 1.29 is 4.79 Å². The second-order valence-corrected chi connectivity index (χ2v) is 3.55. The third kappa shape index (κ3) is 3.22. The van der Waals surface area contributed by atoms with Crippen LogP contribution in [-0.2, 0) is 6.54 Å². The Kier molecular flexibility index (Phi) is 3.62. The number of rotatable bonds is 3. The molecule has 0 spiro atoms. The maximum absolute atomic E-state index is 11.7. The van der Waals surface area contributed by atoms with E-state index < -0.39 is 0 Å².